The second-order valence-corrected chi connectivity index (χ2v) is 10.5. The predicted molar refractivity (Wildman–Crippen MR) is 121 cm³/mol. The van der Waals surface area contributed by atoms with Gasteiger partial charge in [-0.1, -0.05) is 19.9 Å². The second kappa shape index (κ2) is 7.73. The molecule has 1 fully saturated rings. The molecule has 5 nitrogen and oxygen atoms in total. The number of thiophene rings is 1. The highest BCUT2D eigenvalue weighted by atomic mass is 32.1. The van der Waals surface area contributed by atoms with E-state index >= 15 is 0 Å². The molecule has 1 aliphatic carbocycles. The molecule has 1 saturated carbocycles. The Kier molecular flexibility index (Phi) is 5.39. The molecule has 30 heavy (non-hydrogen) atoms. The number of rotatable bonds is 6. The Morgan fingerprint density at radius 2 is 2.03 bits per heavy atom. The Balaban J connectivity index is 1.62. The molecule has 0 bridgehead atoms. The van der Waals surface area contributed by atoms with Crippen LogP contribution in [0.15, 0.2) is 35.7 Å². The maximum absolute atomic E-state index is 13.3. The van der Waals surface area contributed by atoms with Gasteiger partial charge in [0.2, 0.25) is 11.8 Å². The van der Waals surface area contributed by atoms with E-state index in [1.165, 1.54) is 0 Å². The van der Waals surface area contributed by atoms with Crippen LogP contribution < -0.4 is 15.0 Å². The number of hydrogen-bond donors (Lipinski definition) is 1. The first-order valence-corrected chi connectivity index (χ1v) is 11.6. The highest BCUT2D eigenvalue weighted by Crippen LogP contribution is 2.51. The van der Waals surface area contributed by atoms with Gasteiger partial charge in [0.15, 0.2) is 0 Å². The SMILES string of the molecule is CC(C)CCN1C(=O)C(C)(C)COc2ccc(NC(=O)C3(c4cccs4)CC3)cc21. The minimum atomic E-state index is -0.601. The lowest BCUT2D eigenvalue weighted by atomic mass is 9.92. The molecule has 0 spiro atoms. The number of anilines is 2. The Bertz CT molecular complexity index is 945. The van der Waals surface area contributed by atoms with Crippen LogP contribution >= 0.6 is 11.3 Å². The number of nitrogens with zero attached hydrogens (tertiary/aromatic N) is 1. The second-order valence-electron chi connectivity index (χ2n) is 9.51. The van der Waals surface area contributed by atoms with Crippen LogP contribution in [0.1, 0.15) is 51.8 Å². The highest BCUT2D eigenvalue weighted by molar-refractivity contribution is 7.10. The van der Waals surface area contributed by atoms with Gasteiger partial charge >= 0.3 is 0 Å². The van der Waals surface area contributed by atoms with E-state index in [1.807, 2.05) is 54.5 Å². The molecule has 0 unspecified atom stereocenters. The molecule has 2 heterocycles. The first kappa shape index (κ1) is 20.9. The Morgan fingerprint density at radius 3 is 2.67 bits per heavy atom. The smallest absolute Gasteiger partial charge is 0.236 e. The van der Waals surface area contributed by atoms with Crippen molar-refractivity contribution in [2.24, 2.45) is 11.3 Å². The summed E-state index contributed by atoms with van der Waals surface area (Å²) in [5, 5.41) is 5.11. The van der Waals surface area contributed by atoms with Gasteiger partial charge in [-0.2, -0.15) is 0 Å². The third kappa shape index (κ3) is 3.85. The Hall–Kier alpha value is -2.34. The number of nitrogens with one attached hydrogen (secondary N) is 1. The summed E-state index contributed by atoms with van der Waals surface area (Å²) in [4.78, 5) is 29.3. The van der Waals surface area contributed by atoms with E-state index in [0.717, 1.165) is 29.8 Å². The average molecular weight is 427 g/mol. The topological polar surface area (TPSA) is 58.6 Å². The van der Waals surface area contributed by atoms with E-state index in [1.54, 1.807) is 11.3 Å². The molecular formula is C24H30N2O3S. The van der Waals surface area contributed by atoms with Crippen LogP contribution in [0.4, 0.5) is 11.4 Å². The minimum Gasteiger partial charge on any atom is -0.490 e. The Morgan fingerprint density at radius 1 is 1.27 bits per heavy atom. The third-order valence-electron chi connectivity index (χ3n) is 6.03. The molecular weight excluding hydrogens is 396 g/mol. The molecule has 1 aliphatic heterocycles. The van der Waals surface area contributed by atoms with Crippen molar-refractivity contribution in [3.05, 3.63) is 40.6 Å². The van der Waals surface area contributed by atoms with Crippen molar-refractivity contribution < 1.29 is 14.3 Å². The number of amides is 2. The number of benzene rings is 1. The fourth-order valence-corrected chi connectivity index (χ4v) is 4.83. The molecule has 0 radical (unpaired) electrons. The van der Waals surface area contributed by atoms with Crippen LogP contribution in [0, 0.1) is 11.3 Å². The summed E-state index contributed by atoms with van der Waals surface area (Å²) in [5.74, 6) is 1.26. The van der Waals surface area contributed by atoms with Crippen molar-refractivity contribution in [3.63, 3.8) is 0 Å². The molecule has 0 atom stereocenters. The molecule has 6 heteroatoms. The summed E-state index contributed by atoms with van der Waals surface area (Å²) < 4.78 is 6.00. The van der Waals surface area contributed by atoms with Gasteiger partial charge in [-0.3, -0.25) is 9.59 Å². The van der Waals surface area contributed by atoms with Crippen LogP contribution in [0.2, 0.25) is 0 Å². The molecule has 1 N–H and O–H groups in total. The molecule has 4 rings (SSSR count). The van der Waals surface area contributed by atoms with E-state index in [-0.39, 0.29) is 11.8 Å². The van der Waals surface area contributed by atoms with Crippen LogP contribution in [-0.4, -0.2) is 25.0 Å². The van der Waals surface area contributed by atoms with Crippen LogP contribution in [0.5, 0.6) is 5.75 Å². The maximum Gasteiger partial charge on any atom is 0.236 e. The predicted octanol–water partition coefficient (Wildman–Crippen LogP) is 5.22. The Labute approximate surface area is 182 Å². The molecule has 2 amide bonds. The average Bonchev–Trinajstić information content (AvgIpc) is 3.35. The number of fused-ring (bicyclic) bond motifs is 1. The monoisotopic (exact) mass is 426 g/mol. The summed E-state index contributed by atoms with van der Waals surface area (Å²) in [6, 6.07) is 9.65. The quantitative estimate of drug-likeness (QED) is 0.689. The van der Waals surface area contributed by atoms with Gasteiger partial charge in [0.25, 0.3) is 0 Å². The van der Waals surface area contributed by atoms with Crippen molar-refractivity contribution >= 4 is 34.5 Å². The molecule has 0 saturated heterocycles. The first-order chi connectivity index (χ1) is 14.2. The minimum absolute atomic E-state index is 0.0276. The van der Waals surface area contributed by atoms with Gasteiger partial charge in [-0.05, 0) is 68.7 Å². The van der Waals surface area contributed by atoms with Crippen molar-refractivity contribution in [1.82, 2.24) is 0 Å². The van der Waals surface area contributed by atoms with Crippen LogP contribution in [0.3, 0.4) is 0 Å². The fourth-order valence-electron chi connectivity index (χ4n) is 3.84. The largest absolute Gasteiger partial charge is 0.490 e. The summed E-state index contributed by atoms with van der Waals surface area (Å²) >= 11 is 1.63. The standard InChI is InChI=1S/C24H30N2O3S/c1-16(2)9-12-26-18-14-17(7-8-19(18)29-15-23(3,4)22(26)28)25-21(27)24(10-11-24)20-6-5-13-30-20/h5-8,13-14,16H,9-12,15H2,1-4H3,(H,25,27). The van der Waals surface area contributed by atoms with Crippen molar-refractivity contribution in [1.29, 1.82) is 0 Å². The lowest BCUT2D eigenvalue weighted by Crippen LogP contribution is -2.42. The summed E-state index contributed by atoms with van der Waals surface area (Å²) in [5.41, 5.74) is 0.445. The zero-order valence-corrected chi connectivity index (χ0v) is 19.0. The first-order valence-electron chi connectivity index (χ1n) is 10.7. The van der Waals surface area contributed by atoms with Gasteiger partial charge in [0.1, 0.15) is 12.4 Å². The lowest BCUT2D eigenvalue weighted by Gasteiger charge is -2.29. The molecule has 1 aromatic carbocycles. The molecule has 2 aromatic rings. The highest BCUT2D eigenvalue weighted by Gasteiger charge is 2.52. The summed E-state index contributed by atoms with van der Waals surface area (Å²) in [7, 11) is 0. The van der Waals surface area contributed by atoms with Crippen LogP contribution in [0.25, 0.3) is 0 Å². The van der Waals surface area contributed by atoms with Gasteiger partial charge in [-0.15, -0.1) is 11.3 Å². The maximum atomic E-state index is 13.3. The number of carbonyl (C=O) groups is 2. The van der Waals surface area contributed by atoms with E-state index in [0.29, 0.717) is 30.5 Å². The zero-order chi connectivity index (χ0) is 21.5. The normalized spacial score (nSPS) is 19.1. The van der Waals surface area contributed by atoms with Crippen molar-refractivity contribution in [2.45, 2.75) is 52.4 Å². The van der Waals surface area contributed by atoms with E-state index in [9.17, 15) is 9.59 Å². The van der Waals surface area contributed by atoms with Crippen molar-refractivity contribution in [3.8, 4) is 5.75 Å². The lowest BCUT2D eigenvalue weighted by molar-refractivity contribution is -0.127. The fraction of sp³-hybridized carbons (Fsp3) is 0.500. The number of ether oxygens (including phenoxy) is 1. The van der Waals surface area contributed by atoms with E-state index in [4.69, 9.17) is 4.74 Å². The van der Waals surface area contributed by atoms with Crippen molar-refractivity contribution in [2.75, 3.05) is 23.4 Å². The van der Waals surface area contributed by atoms with Gasteiger partial charge in [-0.25, -0.2) is 0 Å². The molecule has 2 aliphatic rings. The number of carbonyl (C=O) groups excluding carboxylic acids is 2. The molecule has 160 valence electrons. The van der Waals surface area contributed by atoms with Crippen LogP contribution in [-0.2, 0) is 15.0 Å². The van der Waals surface area contributed by atoms with E-state index in [2.05, 4.69) is 19.2 Å². The molecule has 1 aromatic heterocycles. The zero-order valence-electron chi connectivity index (χ0n) is 18.2. The summed E-state index contributed by atoms with van der Waals surface area (Å²) in [6.07, 6.45) is 2.65. The number of hydrogen-bond acceptors (Lipinski definition) is 4. The van der Waals surface area contributed by atoms with Gasteiger partial charge < -0.3 is 15.0 Å². The van der Waals surface area contributed by atoms with E-state index < -0.39 is 10.8 Å². The van der Waals surface area contributed by atoms with Gasteiger partial charge in [0, 0.05) is 17.1 Å². The third-order valence-corrected chi connectivity index (χ3v) is 7.10. The van der Waals surface area contributed by atoms with Gasteiger partial charge in [0.05, 0.1) is 16.5 Å². The summed E-state index contributed by atoms with van der Waals surface area (Å²) in [6.45, 7) is 9.12.